The molecule has 4 atom stereocenters. The number of benzene rings is 1. The van der Waals surface area contributed by atoms with E-state index in [1.54, 1.807) is 7.11 Å². The quantitative estimate of drug-likeness (QED) is 0.667. The largest absolute Gasteiger partial charge is 0.467 e. The van der Waals surface area contributed by atoms with Crippen LogP contribution >= 0.6 is 12.4 Å². The molecule has 0 radical (unpaired) electrons. The van der Waals surface area contributed by atoms with Crippen molar-refractivity contribution in [3.05, 3.63) is 35.9 Å². The Labute approximate surface area is 161 Å². The van der Waals surface area contributed by atoms with E-state index >= 15 is 0 Å². The molecule has 1 amide bonds. The van der Waals surface area contributed by atoms with Crippen molar-refractivity contribution < 1.29 is 19.1 Å². The van der Waals surface area contributed by atoms with Gasteiger partial charge in [-0.15, -0.1) is 12.4 Å². The van der Waals surface area contributed by atoms with Gasteiger partial charge in [0.15, 0.2) is 0 Å². The van der Waals surface area contributed by atoms with Gasteiger partial charge in [-0.25, -0.2) is 4.79 Å². The number of esters is 1. The van der Waals surface area contributed by atoms with Gasteiger partial charge in [-0.3, -0.25) is 4.79 Å². The van der Waals surface area contributed by atoms with Crippen molar-refractivity contribution in [2.45, 2.75) is 44.4 Å². The Morgan fingerprint density at radius 2 is 1.96 bits per heavy atom. The van der Waals surface area contributed by atoms with Crippen LogP contribution in [0.1, 0.15) is 25.3 Å². The number of carbonyl (C=O) groups excluding carboxylic acids is 2. The zero-order valence-electron chi connectivity index (χ0n) is 15.6. The molecular formula is C19H29ClN2O4. The molecule has 0 spiro atoms. The van der Waals surface area contributed by atoms with Crippen molar-refractivity contribution >= 4 is 24.3 Å². The van der Waals surface area contributed by atoms with Crippen LogP contribution in [0.15, 0.2) is 30.3 Å². The van der Waals surface area contributed by atoms with E-state index < -0.39 is 12.0 Å². The van der Waals surface area contributed by atoms with Crippen LogP contribution in [0, 0.1) is 5.92 Å². The number of rotatable bonds is 8. The van der Waals surface area contributed by atoms with Crippen molar-refractivity contribution in [3.63, 3.8) is 0 Å². The molecule has 0 bridgehead atoms. The van der Waals surface area contributed by atoms with Crippen LogP contribution < -0.4 is 10.6 Å². The molecule has 26 heavy (non-hydrogen) atoms. The average molecular weight is 385 g/mol. The fraction of sp³-hybridized carbons (Fsp3) is 0.579. The number of nitrogens with one attached hydrogen (secondary N) is 2. The van der Waals surface area contributed by atoms with Gasteiger partial charge in [0.1, 0.15) is 6.04 Å². The second-order valence-corrected chi connectivity index (χ2v) is 6.47. The third-order valence-corrected chi connectivity index (χ3v) is 4.76. The van der Waals surface area contributed by atoms with Crippen LogP contribution in [0.25, 0.3) is 0 Å². The molecule has 1 heterocycles. The molecule has 1 aromatic rings. The van der Waals surface area contributed by atoms with E-state index in [0.29, 0.717) is 6.42 Å². The minimum atomic E-state index is -0.712. The Hall–Kier alpha value is -1.63. The second kappa shape index (κ2) is 11.2. The lowest BCUT2D eigenvalue weighted by Gasteiger charge is -2.28. The zero-order valence-corrected chi connectivity index (χ0v) is 16.4. The first-order valence-electron chi connectivity index (χ1n) is 8.75. The SMILES string of the molecule is COC(=O)[C@@H](Cc1ccccc1)NC(=O)[C@@H](C)[C@H](OC)[C@H]1CCCN1.Cl. The van der Waals surface area contributed by atoms with Gasteiger partial charge in [0.25, 0.3) is 0 Å². The zero-order chi connectivity index (χ0) is 18.2. The Bertz CT molecular complexity index is 564. The average Bonchev–Trinajstić information content (AvgIpc) is 3.16. The normalized spacial score (nSPS) is 19.7. The minimum absolute atomic E-state index is 0. The summed E-state index contributed by atoms with van der Waals surface area (Å²) < 4.78 is 10.4. The van der Waals surface area contributed by atoms with E-state index in [4.69, 9.17) is 9.47 Å². The van der Waals surface area contributed by atoms with Crippen LogP contribution in [0.4, 0.5) is 0 Å². The second-order valence-electron chi connectivity index (χ2n) is 6.47. The monoisotopic (exact) mass is 384 g/mol. The maximum atomic E-state index is 12.7. The van der Waals surface area contributed by atoms with Crippen LogP contribution in [0.3, 0.4) is 0 Å². The predicted octanol–water partition coefficient (Wildman–Crippen LogP) is 1.71. The van der Waals surface area contributed by atoms with Crippen molar-refractivity contribution in [1.82, 2.24) is 10.6 Å². The molecule has 7 heteroatoms. The molecule has 1 aromatic carbocycles. The topological polar surface area (TPSA) is 76.7 Å². The highest BCUT2D eigenvalue weighted by Gasteiger charge is 2.34. The molecule has 1 aliphatic rings. The first kappa shape index (κ1) is 22.4. The number of hydrogen-bond acceptors (Lipinski definition) is 5. The van der Waals surface area contributed by atoms with Gasteiger partial charge in [-0.2, -0.15) is 0 Å². The molecule has 146 valence electrons. The summed E-state index contributed by atoms with van der Waals surface area (Å²) in [4.78, 5) is 24.8. The van der Waals surface area contributed by atoms with Gasteiger partial charge in [0.2, 0.25) is 5.91 Å². The number of ether oxygens (including phenoxy) is 2. The van der Waals surface area contributed by atoms with E-state index in [9.17, 15) is 9.59 Å². The lowest BCUT2D eigenvalue weighted by molar-refractivity contribution is -0.146. The number of methoxy groups -OCH3 is 2. The number of carbonyl (C=O) groups is 2. The highest BCUT2D eigenvalue weighted by Crippen LogP contribution is 2.19. The predicted molar refractivity (Wildman–Crippen MR) is 102 cm³/mol. The van der Waals surface area contributed by atoms with E-state index in [1.807, 2.05) is 37.3 Å². The Morgan fingerprint density at radius 3 is 2.50 bits per heavy atom. The van der Waals surface area contributed by atoms with Crippen molar-refractivity contribution in [3.8, 4) is 0 Å². The fourth-order valence-electron chi connectivity index (χ4n) is 3.35. The number of amides is 1. The standard InChI is InChI=1S/C19H28N2O4.ClH/c1-13(17(24-2)15-10-7-11-20-15)18(22)21-16(19(23)25-3)12-14-8-5-4-6-9-14;/h4-6,8-9,13,15-17,20H,7,10-12H2,1-3H3,(H,21,22);1H/t13-,15+,16+,17-;/m0./s1. The fourth-order valence-corrected chi connectivity index (χ4v) is 3.35. The van der Waals surface area contributed by atoms with E-state index in [2.05, 4.69) is 10.6 Å². The van der Waals surface area contributed by atoms with Crippen LogP contribution in [-0.4, -0.2) is 50.8 Å². The highest BCUT2D eigenvalue weighted by atomic mass is 35.5. The van der Waals surface area contributed by atoms with Crippen molar-refractivity contribution in [2.75, 3.05) is 20.8 Å². The molecule has 0 unspecified atom stereocenters. The summed E-state index contributed by atoms with van der Waals surface area (Å²) in [5.74, 6) is -1.02. The van der Waals surface area contributed by atoms with E-state index in [1.165, 1.54) is 7.11 Å². The summed E-state index contributed by atoms with van der Waals surface area (Å²) in [6.45, 7) is 2.78. The Balaban J connectivity index is 0.00000338. The molecule has 0 aromatic heterocycles. The third kappa shape index (κ3) is 5.97. The third-order valence-electron chi connectivity index (χ3n) is 4.76. The number of hydrogen-bond donors (Lipinski definition) is 2. The van der Waals surface area contributed by atoms with Crippen LogP contribution in [0.5, 0.6) is 0 Å². The number of halogens is 1. The van der Waals surface area contributed by atoms with E-state index in [-0.39, 0.29) is 36.4 Å². The summed E-state index contributed by atoms with van der Waals surface area (Å²) in [5.41, 5.74) is 0.964. The van der Waals surface area contributed by atoms with Crippen molar-refractivity contribution in [1.29, 1.82) is 0 Å². The first-order valence-corrected chi connectivity index (χ1v) is 8.75. The summed E-state index contributed by atoms with van der Waals surface area (Å²) in [7, 11) is 2.95. The molecular weight excluding hydrogens is 356 g/mol. The summed E-state index contributed by atoms with van der Waals surface area (Å²) in [6.07, 6.45) is 2.24. The molecule has 1 saturated heterocycles. The molecule has 0 saturated carbocycles. The van der Waals surface area contributed by atoms with Crippen LogP contribution in [-0.2, 0) is 25.5 Å². The molecule has 1 aliphatic heterocycles. The summed E-state index contributed by atoms with van der Waals surface area (Å²) in [6, 6.07) is 9.02. The minimum Gasteiger partial charge on any atom is -0.467 e. The Morgan fingerprint density at radius 1 is 1.27 bits per heavy atom. The van der Waals surface area contributed by atoms with Gasteiger partial charge < -0.3 is 20.1 Å². The molecule has 2 rings (SSSR count). The lowest BCUT2D eigenvalue weighted by Crippen LogP contribution is -2.50. The van der Waals surface area contributed by atoms with Gasteiger partial charge >= 0.3 is 5.97 Å². The smallest absolute Gasteiger partial charge is 0.328 e. The Kier molecular flexibility index (Phi) is 9.62. The molecule has 0 aliphatic carbocycles. The van der Waals surface area contributed by atoms with Gasteiger partial charge in [0, 0.05) is 19.6 Å². The van der Waals surface area contributed by atoms with Gasteiger partial charge in [-0.05, 0) is 24.9 Å². The van der Waals surface area contributed by atoms with Gasteiger partial charge in [0.05, 0.1) is 19.1 Å². The first-order chi connectivity index (χ1) is 12.1. The maximum Gasteiger partial charge on any atom is 0.328 e. The lowest BCUT2D eigenvalue weighted by atomic mass is 9.95. The summed E-state index contributed by atoms with van der Waals surface area (Å²) in [5, 5.41) is 6.21. The van der Waals surface area contributed by atoms with Crippen LogP contribution in [0.2, 0.25) is 0 Å². The van der Waals surface area contributed by atoms with Crippen molar-refractivity contribution in [2.24, 2.45) is 5.92 Å². The molecule has 2 N–H and O–H groups in total. The molecule has 1 fully saturated rings. The highest BCUT2D eigenvalue weighted by molar-refractivity contribution is 5.86. The maximum absolute atomic E-state index is 12.7. The molecule has 6 nitrogen and oxygen atoms in total. The van der Waals surface area contributed by atoms with E-state index in [0.717, 1.165) is 24.9 Å². The summed E-state index contributed by atoms with van der Waals surface area (Å²) >= 11 is 0. The van der Waals surface area contributed by atoms with Gasteiger partial charge in [-0.1, -0.05) is 37.3 Å².